The fourth-order valence-corrected chi connectivity index (χ4v) is 9.44. The van der Waals surface area contributed by atoms with E-state index in [4.69, 9.17) is 19.9 Å². The highest BCUT2D eigenvalue weighted by atomic mass is 32.1. The van der Waals surface area contributed by atoms with Crippen molar-refractivity contribution in [2.75, 3.05) is 0 Å². The van der Waals surface area contributed by atoms with Crippen LogP contribution in [0, 0.1) is 0 Å². The first-order chi connectivity index (χ1) is 26.3. The van der Waals surface area contributed by atoms with Gasteiger partial charge >= 0.3 is 0 Å². The highest BCUT2D eigenvalue weighted by Crippen LogP contribution is 2.44. The van der Waals surface area contributed by atoms with Crippen LogP contribution in [0.3, 0.4) is 0 Å². The molecule has 0 saturated carbocycles. The largest absolute Gasteiger partial charge is 0.292 e. The number of fused-ring (bicyclic) bond motifs is 11. The second-order valence-corrected chi connectivity index (χ2v) is 14.5. The van der Waals surface area contributed by atoms with Gasteiger partial charge in [-0.2, -0.15) is 0 Å². The minimum Gasteiger partial charge on any atom is -0.292 e. The molecule has 0 saturated heterocycles. The van der Waals surface area contributed by atoms with Gasteiger partial charge in [0, 0.05) is 47.3 Å². The van der Waals surface area contributed by atoms with E-state index in [0.29, 0.717) is 0 Å². The van der Waals surface area contributed by atoms with Crippen LogP contribution in [-0.2, 0) is 0 Å². The van der Waals surface area contributed by atoms with Crippen molar-refractivity contribution in [3.63, 3.8) is 0 Å². The predicted octanol–water partition coefficient (Wildman–Crippen LogP) is 11.8. The Bertz CT molecular complexity index is 3480. The van der Waals surface area contributed by atoms with Crippen LogP contribution in [0.1, 0.15) is 0 Å². The van der Waals surface area contributed by atoms with Crippen molar-refractivity contribution in [3.8, 4) is 22.9 Å². The quantitative estimate of drug-likeness (QED) is 0.185. The van der Waals surface area contributed by atoms with Gasteiger partial charge in [-0.25, -0.2) is 15.0 Å². The molecular weight excluding hydrogens is 669 g/mol. The van der Waals surface area contributed by atoms with Gasteiger partial charge in [0.2, 0.25) is 0 Å². The van der Waals surface area contributed by atoms with Gasteiger partial charge in [-0.1, -0.05) is 97.1 Å². The molecule has 7 aromatic carbocycles. The Morgan fingerprint density at radius 3 is 1.74 bits per heavy atom. The van der Waals surface area contributed by atoms with E-state index in [1.807, 2.05) is 53.9 Å². The number of hydrogen-bond donors (Lipinski definition) is 0. The molecule has 0 aliphatic carbocycles. The molecule has 0 radical (unpaired) electrons. The highest BCUT2D eigenvalue weighted by Gasteiger charge is 2.23. The van der Waals surface area contributed by atoms with Crippen molar-refractivity contribution in [2.24, 2.45) is 0 Å². The zero-order valence-electron chi connectivity index (χ0n) is 28.1. The zero-order chi connectivity index (χ0) is 34.6. The third-order valence-corrected chi connectivity index (χ3v) is 11.8. The van der Waals surface area contributed by atoms with Crippen molar-refractivity contribution in [1.82, 2.24) is 29.1 Å². The summed E-state index contributed by atoms with van der Waals surface area (Å²) < 4.78 is 7.05. The van der Waals surface area contributed by atoms with Gasteiger partial charge in [-0.3, -0.25) is 14.1 Å². The SMILES string of the molecule is c1ccc2nc(-n3c4ccccc4c4cc5c(cc43)c3ccccc3n5-c3nc4ccccc4nc3-c3cccc4c3sc3ccccc34)cnc2c1. The number of para-hydroxylation sites is 6. The van der Waals surface area contributed by atoms with Crippen LogP contribution in [0.15, 0.2) is 158 Å². The van der Waals surface area contributed by atoms with E-state index < -0.39 is 0 Å². The molecule has 0 amide bonds. The third kappa shape index (κ3) is 4.08. The molecular formula is C46H26N6S. The van der Waals surface area contributed by atoms with Crippen LogP contribution in [-0.4, -0.2) is 29.1 Å². The van der Waals surface area contributed by atoms with E-state index in [0.717, 1.165) is 88.6 Å². The van der Waals surface area contributed by atoms with Gasteiger partial charge in [-0.15, -0.1) is 11.3 Å². The summed E-state index contributed by atoms with van der Waals surface area (Å²) in [6.45, 7) is 0. The average Bonchev–Trinajstić information content (AvgIpc) is 3.87. The molecule has 5 aromatic heterocycles. The number of benzene rings is 7. The Kier molecular flexibility index (Phi) is 5.84. The molecule has 0 unspecified atom stereocenters. The molecule has 5 heterocycles. The molecule has 53 heavy (non-hydrogen) atoms. The second-order valence-electron chi connectivity index (χ2n) is 13.5. The predicted molar refractivity (Wildman–Crippen MR) is 220 cm³/mol. The van der Waals surface area contributed by atoms with Crippen LogP contribution in [0.25, 0.3) is 109 Å². The van der Waals surface area contributed by atoms with E-state index in [1.54, 1.807) is 0 Å². The standard InChI is InChI=1S/C46H26N6S/c1-8-21-38-27(12-1)32-25-41-33(24-40(32)51(38)43-26-47-34-17-4-5-18-35(34)48-43)28-13-2-9-22-39(28)52(41)46-44(49-36-19-6-7-20-37(36)50-46)31-16-11-15-30-29-14-3-10-23-42(29)53-45(30)31/h1-26H. The summed E-state index contributed by atoms with van der Waals surface area (Å²) in [5, 5.41) is 7.05. The topological polar surface area (TPSA) is 61.4 Å². The molecule has 0 spiro atoms. The lowest BCUT2D eigenvalue weighted by Crippen LogP contribution is -2.04. The zero-order valence-corrected chi connectivity index (χ0v) is 28.9. The molecule has 12 rings (SSSR count). The fourth-order valence-electron chi connectivity index (χ4n) is 8.22. The van der Waals surface area contributed by atoms with E-state index >= 15 is 0 Å². The van der Waals surface area contributed by atoms with E-state index in [2.05, 4.69) is 124 Å². The summed E-state index contributed by atoms with van der Waals surface area (Å²) in [5.74, 6) is 1.60. The summed E-state index contributed by atoms with van der Waals surface area (Å²) in [4.78, 5) is 20.8. The Morgan fingerprint density at radius 2 is 0.981 bits per heavy atom. The van der Waals surface area contributed by atoms with E-state index in [9.17, 15) is 0 Å². The number of thiophene rings is 1. The summed E-state index contributed by atoms with van der Waals surface area (Å²) in [6, 6.07) is 53.3. The van der Waals surface area contributed by atoms with Crippen molar-refractivity contribution in [3.05, 3.63) is 158 Å². The van der Waals surface area contributed by atoms with Crippen LogP contribution in [0.4, 0.5) is 0 Å². The number of hydrogen-bond acceptors (Lipinski definition) is 5. The number of aromatic nitrogens is 6. The lowest BCUT2D eigenvalue weighted by atomic mass is 10.1. The van der Waals surface area contributed by atoms with Crippen LogP contribution < -0.4 is 0 Å². The molecule has 0 atom stereocenters. The Hall–Kier alpha value is -6.96. The first-order valence-corrected chi connectivity index (χ1v) is 18.5. The maximum Gasteiger partial charge on any atom is 0.165 e. The molecule has 246 valence electrons. The van der Waals surface area contributed by atoms with Crippen molar-refractivity contribution >= 4 is 97.2 Å². The maximum atomic E-state index is 5.46. The molecule has 7 heteroatoms. The van der Waals surface area contributed by atoms with Crippen molar-refractivity contribution < 1.29 is 0 Å². The minimum absolute atomic E-state index is 0.789. The first kappa shape index (κ1) is 28.7. The summed E-state index contributed by atoms with van der Waals surface area (Å²) in [5.41, 5.74) is 9.70. The Balaban J connectivity index is 1.21. The lowest BCUT2D eigenvalue weighted by Gasteiger charge is -2.14. The molecule has 0 aliphatic rings. The molecule has 0 bridgehead atoms. The van der Waals surface area contributed by atoms with Gasteiger partial charge < -0.3 is 0 Å². The summed E-state index contributed by atoms with van der Waals surface area (Å²) >= 11 is 1.82. The number of rotatable bonds is 3. The van der Waals surface area contributed by atoms with Crippen molar-refractivity contribution in [2.45, 2.75) is 0 Å². The molecule has 0 N–H and O–H groups in total. The fraction of sp³-hybridized carbons (Fsp3) is 0. The van der Waals surface area contributed by atoms with Gasteiger partial charge in [-0.05, 0) is 54.6 Å². The summed E-state index contributed by atoms with van der Waals surface area (Å²) in [7, 11) is 0. The van der Waals surface area contributed by atoms with Gasteiger partial charge in [0.15, 0.2) is 11.6 Å². The third-order valence-electron chi connectivity index (χ3n) is 10.6. The average molecular weight is 695 g/mol. The monoisotopic (exact) mass is 694 g/mol. The molecule has 6 nitrogen and oxygen atoms in total. The molecule has 0 aliphatic heterocycles. The highest BCUT2D eigenvalue weighted by molar-refractivity contribution is 7.26. The minimum atomic E-state index is 0.789. The summed E-state index contributed by atoms with van der Waals surface area (Å²) in [6.07, 6.45) is 1.88. The van der Waals surface area contributed by atoms with E-state index in [-0.39, 0.29) is 0 Å². The molecule has 12 aromatic rings. The van der Waals surface area contributed by atoms with Crippen molar-refractivity contribution in [1.29, 1.82) is 0 Å². The normalized spacial score (nSPS) is 12.2. The number of nitrogens with zero attached hydrogens (tertiary/aromatic N) is 6. The smallest absolute Gasteiger partial charge is 0.165 e. The van der Waals surface area contributed by atoms with Crippen LogP contribution >= 0.6 is 11.3 Å². The van der Waals surface area contributed by atoms with Gasteiger partial charge in [0.05, 0.1) is 50.3 Å². The first-order valence-electron chi connectivity index (χ1n) is 17.6. The van der Waals surface area contributed by atoms with E-state index in [1.165, 1.54) is 20.2 Å². The van der Waals surface area contributed by atoms with Crippen LogP contribution in [0.5, 0.6) is 0 Å². The van der Waals surface area contributed by atoms with Gasteiger partial charge in [0.25, 0.3) is 0 Å². The second kappa shape index (κ2) is 10.8. The Morgan fingerprint density at radius 1 is 0.415 bits per heavy atom. The maximum absolute atomic E-state index is 5.46. The van der Waals surface area contributed by atoms with Crippen LogP contribution in [0.2, 0.25) is 0 Å². The lowest BCUT2D eigenvalue weighted by molar-refractivity contribution is 1.07. The molecule has 0 fully saturated rings. The van der Waals surface area contributed by atoms with Gasteiger partial charge in [0.1, 0.15) is 5.69 Å². The Labute approximate surface area is 305 Å².